The molecule has 2 N–H and O–H groups in total. The third kappa shape index (κ3) is 4.07. The molecule has 116 valence electrons. The third-order valence-electron chi connectivity index (χ3n) is 4.62. The Kier molecular flexibility index (Phi) is 5.44. The first kappa shape index (κ1) is 16.5. The van der Waals surface area contributed by atoms with Gasteiger partial charge in [-0.1, -0.05) is 41.9 Å². The molecule has 0 aliphatic carbocycles. The van der Waals surface area contributed by atoms with Gasteiger partial charge in [0.15, 0.2) is 0 Å². The zero-order chi connectivity index (χ0) is 15.5. The van der Waals surface area contributed by atoms with Crippen LogP contribution in [-0.4, -0.2) is 19.0 Å². The summed E-state index contributed by atoms with van der Waals surface area (Å²) in [6.07, 6.45) is 2.28. The van der Waals surface area contributed by atoms with Crippen LogP contribution in [0.25, 0.3) is 0 Å². The first-order valence-corrected chi connectivity index (χ1v) is 8.47. The highest BCUT2D eigenvalue weighted by Crippen LogP contribution is 2.32. The lowest BCUT2D eigenvalue weighted by molar-refractivity contribution is -0.133. The summed E-state index contributed by atoms with van der Waals surface area (Å²) in [5.41, 5.74) is 0.793. The predicted octanol–water partition coefficient (Wildman–Crippen LogP) is 3.65. The summed E-state index contributed by atoms with van der Waals surface area (Å²) in [5.74, 6) is 0.551. The number of halogens is 1. The Morgan fingerprint density at radius 3 is 2.62 bits per heavy atom. The van der Waals surface area contributed by atoms with Gasteiger partial charge in [0, 0.05) is 9.89 Å². The van der Waals surface area contributed by atoms with Crippen molar-refractivity contribution in [1.82, 2.24) is 10.6 Å². The molecule has 1 aromatic rings. The van der Waals surface area contributed by atoms with Gasteiger partial charge in [-0.15, -0.1) is 0 Å². The fourth-order valence-corrected chi connectivity index (χ4v) is 3.13. The number of rotatable bonds is 4. The fraction of sp³-hybridized carbons (Fsp3) is 0.588. The van der Waals surface area contributed by atoms with Crippen LogP contribution in [0.5, 0.6) is 0 Å². The van der Waals surface area contributed by atoms with Gasteiger partial charge < -0.3 is 10.6 Å². The summed E-state index contributed by atoms with van der Waals surface area (Å²) >= 11 is 3.43. The first-order valence-electron chi connectivity index (χ1n) is 7.68. The number of benzene rings is 1. The number of amides is 1. The van der Waals surface area contributed by atoms with Gasteiger partial charge in [0.05, 0.1) is 6.04 Å². The number of hydrogen-bond acceptors (Lipinski definition) is 2. The molecule has 4 heteroatoms. The molecule has 3 nitrogen and oxygen atoms in total. The van der Waals surface area contributed by atoms with Crippen molar-refractivity contribution in [3.8, 4) is 0 Å². The van der Waals surface area contributed by atoms with Crippen LogP contribution in [0.2, 0.25) is 0 Å². The Balaban J connectivity index is 2.00. The third-order valence-corrected chi connectivity index (χ3v) is 5.15. The van der Waals surface area contributed by atoms with Crippen LogP contribution in [0.3, 0.4) is 0 Å². The Hall–Kier alpha value is -0.870. The van der Waals surface area contributed by atoms with Crippen LogP contribution >= 0.6 is 15.9 Å². The van der Waals surface area contributed by atoms with Crippen LogP contribution in [-0.2, 0) is 4.79 Å². The maximum absolute atomic E-state index is 12.7. The molecule has 1 fully saturated rings. The average molecular weight is 353 g/mol. The molecular formula is C17H25BrN2O. The molecular weight excluding hydrogens is 328 g/mol. The van der Waals surface area contributed by atoms with E-state index in [4.69, 9.17) is 0 Å². The summed E-state index contributed by atoms with van der Waals surface area (Å²) in [6.45, 7) is 8.18. The van der Waals surface area contributed by atoms with E-state index in [0.29, 0.717) is 5.92 Å². The lowest BCUT2D eigenvalue weighted by atomic mass is 9.74. The van der Waals surface area contributed by atoms with Crippen molar-refractivity contribution in [2.45, 2.75) is 39.7 Å². The molecule has 1 saturated heterocycles. The molecule has 2 atom stereocenters. The number of carbonyl (C=O) groups is 1. The maximum atomic E-state index is 12.7. The van der Waals surface area contributed by atoms with Gasteiger partial charge in [0.2, 0.25) is 5.91 Å². The summed E-state index contributed by atoms with van der Waals surface area (Å²) in [7, 11) is 0. The van der Waals surface area contributed by atoms with Crippen molar-refractivity contribution < 1.29 is 4.79 Å². The van der Waals surface area contributed by atoms with E-state index >= 15 is 0 Å². The number of nitrogens with one attached hydrogen (secondary N) is 2. The molecule has 1 aliphatic heterocycles. The minimum Gasteiger partial charge on any atom is -0.349 e. The molecule has 0 bridgehead atoms. The maximum Gasteiger partial charge on any atom is 0.226 e. The SMILES string of the molecule is C[C@@H](NC(=O)C(C)(C)C1CCCNC1)c1ccc(Br)cc1. The van der Waals surface area contributed by atoms with Crippen molar-refractivity contribution >= 4 is 21.8 Å². The monoisotopic (exact) mass is 352 g/mol. The largest absolute Gasteiger partial charge is 0.349 e. The highest BCUT2D eigenvalue weighted by atomic mass is 79.9. The van der Waals surface area contributed by atoms with E-state index in [2.05, 4.69) is 40.4 Å². The normalized spacial score (nSPS) is 20.9. The molecule has 21 heavy (non-hydrogen) atoms. The second kappa shape index (κ2) is 6.93. The molecule has 2 rings (SSSR count). The number of hydrogen-bond donors (Lipinski definition) is 2. The quantitative estimate of drug-likeness (QED) is 0.868. The molecule has 0 aromatic heterocycles. The molecule has 0 spiro atoms. The first-order chi connectivity index (χ1) is 9.91. The Bertz CT molecular complexity index is 478. The van der Waals surface area contributed by atoms with Crippen LogP contribution in [0, 0.1) is 11.3 Å². The van der Waals surface area contributed by atoms with Gasteiger partial charge in [0.25, 0.3) is 0 Å². The molecule has 1 heterocycles. The topological polar surface area (TPSA) is 41.1 Å². The Morgan fingerprint density at radius 1 is 1.38 bits per heavy atom. The van der Waals surface area contributed by atoms with E-state index in [1.165, 1.54) is 0 Å². The van der Waals surface area contributed by atoms with E-state index in [0.717, 1.165) is 36.0 Å². The average Bonchev–Trinajstić information content (AvgIpc) is 2.48. The van der Waals surface area contributed by atoms with Crippen LogP contribution in [0.4, 0.5) is 0 Å². The molecule has 1 amide bonds. The van der Waals surface area contributed by atoms with E-state index in [9.17, 15) is 4.79 Å². The summed E-state index contributed by atoms with van der Waals surface area (Å²) in [5, 5.41) is 6.57. The zero-order valence-corrected chi connectivity index (χ0v) is 14.7. The van der Waals surface area contributed by atoms with E-state index in [1.54, 1.807) is 0 Å². The van der Waals surface area contributed by atoms with E-state index < -0.39 is 0 Å². The fourth-order valence-electron chi connectivity index (χ4n) is 2.87. The molecule has 1 aliphatic rings. The molecule has 1 aromatic carbocycles. The van der Waals surface area contributed by atoms with Gasteiger partial charge in [-0.2, -0.15) is 0 Å². The minimum absolute atomic E-state index is 0.0291. The second-order valence-electron chi connectivity index (χ2n) is 6.51. The van der Waals surface area contributed by atoms with Crippen molar-refractivity contribution in [3.63, 3.8) is 0 Å². The van der Waals surface area contributed by atoms with Gasteiger partial charge >= 0.3 is 0 Å². The molecule has 0 saturated carbocycles. The van der Waals surface area contributed by atoms with Gasteiger partial charge in [0.1, 0.15) is 0 Å². The Labute approximate surface area is 136 Å². The van der Waals surface area contributed by atoms with Crippen LogP contribution in [0.1, 0.15) is 45.2 Å². The summed E-state index contributed by atoms with van der Waals surface area (Å²) in [6, 6.07) is 8.14. The second-order valence-corrected chi connectivity index (χ2v) is 7.43. The summed E-state index contributed by atoms with van der Waals surface area (Å²) < 4.78 is 1.05. The molecule has 1 unspecified atom stereocenters. The minimum atomic E-state index is -0.336. The zero-order valence-electron chi connectivity index (χ0n) is 13.1. The van der Waals surface area contributed by atoms with Crippen molar-refractivity contribution in [2.75, 3.05) is 13.1 Å². The van der Waals surface area contributed by atoms with Crippen LogP contribution in [0.15, 0.2) is 28.7 Å². The standard InChI is InChI=1S/C17H25BrN2O/c1-12(13-6-8-15(18)9-7-13)20-16(21)17(2,3)14-5-4-10-19-11-14/h6-9,12,14,19H,4-5,10-11H2,1-3H3,(H,20,21)/t12-,14?/m1/s1. The predicted molar refractivity (Wildman–Crippen MR) is 90.1 cm³/mol. The number of carbonyl (C=O) groups excluding carboxylic acids is 1. The smallest absolute Gasteiger partial charge is 0.226 e. The lowest BCUT2D eigenvalue weighted by Gasteiger charge is -2.36. The van der Waals surface area contributed by atoms with Gasteiger partial charge in [-0.25, -0.2) is 0 Å². The van der Waals surface area contributed by atoms with Crippen molar-refractivity contribution in [1.29, 1.82) is 0 Å². The van der Waals surface area contributed by atoms with Gasteiger partial charge in [-0.05, 0) is 56.5 Å². The van der Waals surface area contributed by atoms with E-state index in [-0.39, 0.29) is 17.4 Å². The molecule has 0 radical (unpaired) electrons. The van der Waals surface area contributed by atoms with Gasteiger partial charge in [-0.3, -0.25) is 4.79 Å². The van der Waals surface area contributed by atoms with Crippen molar-refractivity contribution in [3.05, 3.63) is 34.3 Å². The van der Waals surface area contributed by atoms with E-state index in [1.807, 2.05) is 31.2 Å². The Morgan fingerprint density at radius 2 is 2.05 bits per heavy atom. The van der Waals surface area contributed by atoms with Crippen LogP contribution < -0.4 is 10.6 Å². The number of piperidine rings is 1. The van der Waals surface area contributed by atoms with Crippen molar-refractivity contribution in [2.24, 2.45) is 11.3 Å². The highest BCUT2D eigenvalue weighted by Gasteiger charge is 2.37. The summed E-state index contributed by atoms with van der Waals surface area (Å²) in [4.78, 5) is 12.7. The highest BCUT2D eigenvalue weighted by molar-refractivity contribution is 9.10. The lowest BCUT2D eigenvalue weighted by Crippen LogP contribution is -2.47.